The minimum absolute atomic E-state index is 0.00966. The van der Waals surface area contributed by atoms with Gasteiger partial charge >= 0.3 is 0 Å². The highest BCUT2D eigenvalue weighted by Gasteiger charge is 2.26. The number of morpholine rings is 1. The smallest absolute Gasteiger partial charge is 0.239 e. The number of hydrogen-bond donors (Lipinski definition) is 2. The molecule has 5 nitrogen and oxygen atoms in total. The minimum Gasteiger partial charge on any atom is -0.375 e. The third-order valence-corrected chi connectivity index (χ3v) is 3.98. The fourth-order valence-electron chi connectivity index (χ4n) is 2.88. The Morgan fingerprint density at radius 3 is 3.14 bits per heavy atom. The number of aromatic amines is 1. The highest BCUT2D eigenvalue weighted by atomic mass is 16.5. The van der Waals surface area contributed by atoms with Crippen molar-refractivity contribution in [1.82, 2.24) is 9.88 Å². The maximum atomic E-state index is 12.4. The van der Waals surface area contributed by atoms with Crippen LogP contribution in [0, 0.1) is 0 Å². The molecule has 0 radical (unpaired) electrons. The van der Waals surface area contributed by atoms with E-state index in [2.05, 4.69) is 11.1 Å². The van der Waals surface area contributed by atoms with Crippen LogP contribution in [0.4, 0.5) is 0 Å². The fourth-order valence-corrected chi connectivity index (χ4v) is 2.88. The number of carbonyl (C=O) groups excluding carboxylic acids is 1. The molecule has 2 aromatic rings. The lowest BCUT2D eigenvalue weighted by atomic mass is 10.0. The summed E-state index contributed by atoms with van der Waals surface area (Å²) in [5, 5.41) is 1.14. The van der Waals surface area contributed by atoms with E-state index < -0.39 is 6.04 Å². The van der Waals surface area contributed by atoms with Crippen molar-refractivity contribution in [1.29, 1.82) is 0 Å². The molecule has 21 heavy (non-hydrogen) atoms. The summed E-state index contributed by atoms with van der Waals surface area (Å²) in [6.07, 6.45) is 2.58. The molecule has 0 spiro atoms. The van der Waals surface area contributed by atoms with Crippen LogP contribution in [0.5, 0.6) is 0 Å². The quantitative estimate of drug-likeness (QED) is 0.893. The van der Waals surface area contributed by atoms with Crippen LogP contribution in [0.1, 0.15) is 12.5 Å². The maximum absolute atomic E-state index is 12.4. The van der Waals surface area contributed by atoms with Crippen LogP contribution < -0.4 is 5.73 Å². The number of fused-ring (bicyclic) bond motifs is 1. The second kappa shape index (κ2) is 5.87. The van der Waals surface area contributed by atoms with Gasteiger partial charge in [0.25, 0.3) is 0 Å². The normalized spacial score (nSPS) is 20.7. The van der Waals surface area contributed by atoms with Crippen molar-refractivity contribution in [2.75, 3.05) is 19.7 Å². The van der Waals surface area contributed by atoms with Crippen molar-refractivity contribution in [3.05, 3.63) is 36.0 Å². The molecule has 1 saturated heterocycles. The van der Waals surface area contributed by atoms with Crippen LogP contribution in [0.25, 0.3) is 10.9 Å². The third kappa shape index (κ3) is 2.94. The molecule has 1 aromatic carbocycles. The van der Waals surface area contributed by atoms with E-state index in [-0.39, 0.29) is 12.0 Å². The molecular formula is C16H21N3O2. The molecule has 2 atom stereocenters. The van der Waals surface area contributed by atoms with Gasteiger partial charge in [-0.1, -0.05) is 18.2 Å². The van der Waals surface area contributed by atoms with Gasteiger partial charge in [0.1, 0.15) is 0 Å². The molecule has 0 aliphatic carbocycles. The molecule has 112 valence electrons. The highest BCUT2D eigenvalue weighted by molar-refractivity contribution is 5.86. The number of nitrogens with zero attached hydrogens (tertiary/aromatic N) is 1. The molecule has 1 amide bonds. The standard InChI is InChI=1S/C16H21N3O2/c1-11-10-19(6-7-21-11)16(20)14(17)8-12-9-18-15-5-3-2-4-13(12)15/h2-5,9,11,14,18H,6-8,10,17H2,1H3/t11?,14-/m1/s1. The zero-order chi connectivity index (χ0) is 14.8. The number of nitrogens with two attached hydrogens (primary N) is 1. The molecule has 3 N–H and O–H groups in total. The van der Waals surface area contributed by atoms with Gasteiger partial charge in [-0.25, -0.2) is 0 Å². The summed E-state index contributed by atoms with van der Waals surface area (Å²) in [6, 6.07) is 7.55. The lowest BCUT2D eigenvalue weighted by Gasteiger charge is -2.32. The summed E-state index contributed by atoms with van der Waals surface area (Å²) in [6.45, 7) is 3.82. The number of nitrogens with one attached hydrogen (secondary N) is 1. The van der Waals surface area contributed by atoms with Crippen LogP contribution in [-0.2, 0) is 16.0 Å². The average molecular weight is 287 g/mol. The van der Waals surface area contributed by atoms with E-state index in [0.717, 1.165) is 16.5 Å². The maximum Gasteiger partial charge on any atom is 0.239 e. The largest absolute Gasteiger partial charge is 0.375 e. The first-order valence-corrected chi connectivity index (χ1v) is 7.36. The number of benzene rings is 1. The van der Waals surface area contributed by atoms with E-state index in [1.165, 1.54) is 0 Å². The Morgan fingerprint density at radius 2 is 2.33 bits per heavy atom. The first-order chi connectivity index (χ1) is 10.1. The molecule has 1 fully saturated rings. The van der Waals surface area contributed by atoms with E-state index >= 15 is 0 Å². The zero-order valence-electron chi connectivity index (χ0n) is 12.2. The van der Waals surface area contributed by atoms with Crippen molar-refractivity contribution in [3.8, 4) is 0 Å². The predicted octanol–water partition coefficient (Wildman–Crippen LogP) is 1.28. The number of para-hydroxylation sites is 1. The molecular weight excluding hydrogens is 266 g/mol. The first-order valence-electron chi connectivity index (χ1n) is 7.36. The van der Waals surface area contributed by atoms with Gasteiger partial charge in [-0.05, 0) is 25.0 Å². The number of aromatic nitrogens is 1. The lowest BCUT2D eigenvalue weighted by molar-refractivity contribution is -0.139. The average Bonchev–Trinajstić information content (AvgIpc) is 2.90. The SMILES string of the molecule is CC1CN(C(=O)[C@H](N)Cc2c[nH]c3ccccc23)CCO1. The predicted molar refractivity (Wildman–Crippen MR) is 82.0 cm³/mol. The number of ether oxygens (including phenoxy) is 1. The summed E-state index contributed by atoms with van der Waals surface area (Å²) < 4.78 is 5.46. The molecule has 0 saturated carbocycles. The second-order valence-electron chi connectivity index (χ2n) is 5.64. The summed E-state index contributed by atoms with van der Waals surface area (Å²) in [5.74, 6) is 0.00966. The van der Waals surface area contributed by atoms with Crippen molar-refractivity contribution in [2.24, 2.45) is 5.73 Å². The van der Waals surface area contributed by atoms with Gasteiger partial charge in [0.2, 0.25) is 5.91 Å². The Hall–Kier alpha value is -1.85. The zero-order valence-corrected chi connectivity index (χ0v) is 12.2. The van der Waals surface area contributed by atoms with Gasteiger partial charge in [0.05, 0.1) is 18.8 Å². The number of carbonyl (C=O) groups is 1. The highest BCUT2D eigenvalue weighted by Crippen LogP contribution is 2.19. The Labute approximate surface area is 124 Å². The number of H-pyrrole nitrogens is 1. The van der Waals surface area contributed by atoms with Crippen LogP contribution in [-0.4, -0.2) is 47.6 Å². The topological polar surface area (TPSA) is 71.3 Å². The number of rotatable bonds is 3. The Kier molecular flexibility index (Phi) is 3.94. The summed E-state index contributed by atoms with van der Waals surface area (Å²) >= 11 is 0. The molecule has 3 rings (SSSR count). The molecule has 5 heteroatoms. The number of amides is 1. The van der Waals surface area contributed by atoms with Gasteiger partial charge in [-0.3, -0.25) is 4.79 Å². The molecule has 1 unspecified atom stereocenters. The second-order valence-corrected chi connectivity index (χ2v) is 5.64. The van der Waals surface area contributed by atoms with E-state index in [4.69, 9.17) is 10.5 Å². The minimum atomic E-state index is -0.505. The first kappa shape index (κ1) is 14.1. The fraction of sp³-hybridized carbons (Fsp3) is 0.438. The summed E-state index contributed by atoms with van der Waals surface area (Å²) in [7, 11) is 0. The molecule has 0 bridgehead atoms. The van der Waals surface area contributed by atoms with Crippen molar-refractivity contribution in [3.63, 3.8) is 0 Å². The van der Waals surface area contributed by atoms with Crippen molar-refractivity contribution in [2.45, 2.75) is 25.5 Å². The summed E-state index contributed by atoms with van der Waals surface area (Å²) in [4.78, 5) is 17.5. The number of hydrogen-bond acceptors (Lipinski definition) is 3. The Morgan fingerprint density at radius 1 is 1.52 bits per heavy atom. The van der Waals surface area contributed by atoms with Gasteiger partial charge in [-0.15, -0.1) is 0 Å². The molecule has 1 aromatic heterocycles. The van der Waals surface area contributed by atoms with Crippen molar-refractivity contribution < 1.29 is 9.53 Å². The lowest BCUT2D eigenvalue weighted by Crippen LogP contribution is -2.51. The van der Waals surface area contributed by atoms with E-state index in [0.29, 0.717) is 26.1 Å². The van der Waals surface area contributed by atoms with Crippen LogP contribution in [0.15, 0.2) is 30.5 Å². The monoisotopic (exact) mass is 287 g/mol. The third-order valence-electron chi connectivity index (χ3n) is 3.98. The Balaban J connectivity index is 1.70. The molecule has 1 aliphatic heterocycles. The van der Waals surface area contributed by atoms with Crippen molar-refractivity contribution >= 4 is 16.8 Å². The Bertz CT molecular complexity index is 637. The van der Waals surface area contributed by atoms with Gasteiger partial charge in [0.15, 0.2) is 0 Å². The van der Waals surface area contributed by atoms with Crippen LogP contribution in [0.3, 0.4) is 0 Å². The van der Waals surface area contributed by atoms with E-state index in [1.807, 2.05) is 36.2 Å². The van der Waals surface area contributed by atoms with Crippen LogP contribution in [0.2, 0.25) is 0 Å². The molecule has 1 aliphatic rings. The van der Waals surface area contributed by atoms with Gasteiger partial charge < -0.3 is 20.4 Å². The van der Waals surface area contributed by atoms with Gasteiger partial charge in [-0.2, -0.15) is 0 Å². The molecule has 2 heterocycles. The van der Waals surface area contributed by atoms with Crippen LogP contribution >= 0.6 is 0 Å². The van der Waals surface area contributed by atoms with E-state index in [1.54, 1.807) is 0 Å². The van der Waals surface area contributed by atoms with Gasteiger partial charge in [0, 0.05) is 30.2 Å². The van der Waals surface area contributed by atoms with E-state index in [9.17, 15) is 4.79 Å². The summed E-state index contributed by atoms with van der Waals surface area (Å²) in [5.41, 5.74) is 8.30.